The Morgan fingerprint density at radius 3 is 1.80 bits per heavy atom. The molecule has 0 saturated carbocycles. The molecule has 0 amide bonds. The Bertz CT molecular complexity index is 1270. The number of hydrogen-bond acceptors (Lipinski definition) is 2. The normalized spacial score (nSPS) is 13.9. The summed E-state index contributed by atoms with van der Waals surface area (Å²) in [5.74, 6) is 0. The third-order valence-electron chi connectivity index (χ3n) is 6.55. The minimum atomic E-state index is 0.00649. The Hall–Kier alpha value is -3.78. The third-order valence-corrected chi connectivity index (χ3v) is 6.55. The van der Waals surface area contributed by atoms with Crippen molar-refractivity contribution in [3.63, 3.8) is 0 Å². The van der Waals surface area contributed by atoms with Crippen molar-refractivity contribution in [2.45, 2.75) is 45.6 Å². The summed E-state index contributed by atoms with van der Waals surface area (Å²) >= 11 is 0. The second-order valence-corrected chi connectivity index (χ2v) is 10.3. The molecule has 0 bridgehead atoms. The lowest BCUT2D eigenvalue weighted by molar-refractivity contribution is 0.641. The first-order valence-corrected chi connectivity index (χ1v) is 12.3. The highest BCUT2D eigenvalue weighted by atomic mass is 15.0. The Morgan fingerprint density at radius 2 is 1.14 bits per heavy atom. The highest BCUT2D eigenvalue weighted by Gasteiger charge is 2.23. The summed E-state index contributed by atoms with van der Waals surface area (Å²) in [6.45, 7) is 11.1. The van der Waals surface area contributed by atoms with Gasteiger partial charge in [0.15, 0.2) is 0 Å². The molecular formula is C33H36N2. The first-order valence-electron chi connectivity index (χ1n) is 12.3. The maximum absolute atomic E-state index is 3.49. The van der Waals surface area contributed by atoms with Crippen molar-refractivity contribution in [1.29, 1.82) is 0 Å². The van der Waals surface area contributed by atoms with Crippen molar-refractivity contribution in [3.8, 4) is 0 Å². The average Bonchev–Trinajstić information content (AvgIpc) is 2.85. The summed E-state index contributed by atoms with van der Waals surface area (Å²) < 4.78 is 0. The number of anilines is 3. The Morgan fingerprint density at radius 1 is 0.629 bits per heavy atom. The lowest BCUT2D eigenvalue weighted by Gasteiger charge is -2.31. The molecule has 0 atom stereocenters. The van der Waals surface area contributed by atoms with Crippen LogP contribution in [0.1, 0.15) is 51.3 Å². The molecule has 5 rings (SSSR count). The van der Waals surface area contributed by atoms with E-state index in [2.05, 4.69) is 142 Å². The van der Waals surface area contributed by atoms with Gasteiger partial charge >= 0.3 is 0 Å². The van der Waals surface area contributed by atoms with Crippen molar-refractivity contribution in [2.75, 3.05) is 10.6 Å². The van der Waals surface area contributed by atoms with Crippen molar-refractivity contribution < 1.29 is 0 Å². The predicted molar refractivity (Wildman–Crippen MR) is 153 cm³/mol. The molecule has 4 aromatic rings. The van der Waals surface area contributed by atoms with E-state index in [0.29, 0.717) is 0 Å². The van der Waals surface area contributed by atoms with Crippen LogP contribution in [0.15, 0.2) is 115 Å². The molecule has 2 heteroatoms. The molecule has 0 saturated heterocycles. The second-order valence-electron chi connectivity index (χ2n) is 10.3. The highest BCUT2D eigenvalue weighted by molar-refractivity contribution is 5.79. The molecule has 0 radical (unpaired) electrons. The predicted octanol–water partition coefficient (Wildman–Crippen LogP) is 9.05. The lowest BCUT2D eigenvalue weighted by Crippen LogP contribution is -2.31. The Balaban J connectivity index is 0.000000189. The third kappa shape index (κ3) is 6.02. The van der Waals surface area contributed by atoms with Gasteiger partial charge in [-0.25, -0.2) is 0 Å². The first-order chi connectivity index (χ1) is 16.7. The number of fused-ring (bicyclic) bond motifs is 1. The lowest BCUT2D eigenvalue weighted by atomic mass is 9.78. The number of hydrogen-bond donors (Lipinski definition) is 2. The standard InChI is InChI=1S/C21H21N.C12H15N/c1-21(2,17-9-5-3-6-10-17)18-13-15-20(16-14-18)22-19-11-7-4-8-12-19;1-9-8-12(2,3)13-11-7-5-4-6-10(9)11/h3-16,22H,1-2H3;4-8,13H,1-3H3. The van der Waals surface area contributed by atoms with Gasteiger partial charge in [-0.05, 0) is 67.8 Å². The zero-order chi connectivity index (χ0) is 24.9. The number of benzene rings is 4. The molecule has 1 aliphatic heterocycles. The molecule has 0 spiro atoms. The molecule has 2 nitrogen and oxygen atoms in total. The second kappa shape index (κ2) is 10.2. The summed E-state index contributed by atoms with van der Waals surface area (Å²) in [5, 5.41) is 6.91. The van der Waals surface area contributed by atoms with Gasteiger partial charge in [-0.2, -0.15) is 0 Å². The zero-order valence-corrected chi connectivity index (χ0v) is 21.5. The van der Waals surface area contributed by atoms with E-state index in [1.165, 1.54) is 28.0 Å². The molecule has 0 unspecified atom stereocenters. The summed E-state index contributed by atoms with van der Waals surface area (Å²) in [5.41, 5.74) is 8.88. The van der Waals surface area contributed by atoms with E-state index in [4.69, 9.17) is 0 Å². The topological polar surface area (TPSA) is 24.1 Å². The van der Waals surface area contributed by atoms with Gasteiger partial charge in [-0.3, -0.25) is 0 Å². The van der Waals surface area contributed by atoms with Crippen LogP contribution in [0.3, 0.4) is 0 Å². The van der Waals surface area contributed by atoms with Crippen LogP contribution in [0.2, 0.25) is 0 Å². The van der Waals surface area contributed by atoms with Crippen LogP contribution in [0, 0.1) is 0 Å². The molecule has 1 aliphatic rings. The minimum Gasteiger partial charge on any atom is -0.376 e. The molecular weight excluding hydrogens is 424 g/mol. The van der Waals surface area contributed by atoms with E-state index in [9.17, 15) is 0 Å². The maximum Gasteiger partial charge on any atom is 0.0505 e. The van der Waals surface area contributed by atoms with E-state index in [-0.39, 0.29) is 11.0 Å². The van der Waals surface area contributed by atoms with Crippen LogP contribution in [0.25, 0.3) is 5.57 Å². The number of rotatable bonds is 4. The fraction of sp³-hybridized carbons (Fsp3) is 0.212. The molecule has 0 aliphatic carbocycles. The van der Waals surface area contributed by atoms with Gasteiger partial charge in [0.05, 0.1) is 5.54 Å². The monoisotopic (exact) mass is 460 g/mol. The van der Waals surface area contributed by atoms with Crippen molar-refractivity contribution in [3.05, 3.63) is 132 Å². The minimum absolute atomic E-state index is 0.00649. The van der Waals surface area contributed by atoms with Crippen LogP contribution < -0.4 is 10.6 Å². The number of para-hydroxylation sites is 2. The van der Waals surface area contributed by atoms with Crippen LogP contribution in [0.4, 0.5) is 17.1 Å². The SMILES string of the molecule is CC(C)(c1ccccc1)c1ccc(Nc2ccccc2)cc1.CC1=CC(C)(C)Nc2ccccc21. The van der Waals surface area contributed by atoms with Crippen LogP contribution in [-0.4, -0.2) is 5.54 Å². The van der Waals surface area contributed by atoms with Crippen molar-refractivity contribution in [2.24, 2.45) is 0 Å². The molecule has 0 aromatic heterocycles. The number of nitrogens with one attached hydrogen (secondary N) is 2. The van der Waals surface area contributed by atoms with Gasteiger partial charge in [0.2, 0.25) is 0 Å². The fourth-order valence-electron chi connectivity index (χ4n) is 4.62. The van der Waals surface area contributed by atoms with Crippen LogP contribution >= 0.6 is 0 Å². The van der Waals surface area contributed by atoms with Gasteiger partial charge in [0.1, 0.15) is 0 Å². The summed E-state index contributed by atoms with van der Waals surface area (Å²) in [6, 6.07) is 38.0. The van der Waals surface area contributed by atoms with Crippen LogP contribution in [0.5, 0.6) is 0 Å². The van der Waals surface area contributed by atoms with E-state index >= 15 is 0 Å². The van der Waals surface area contributed by atoms with E-state index in [0.717, 1.165) is 11.4 Å². The van der Waals surface area contributed by atoms with E-state index in [1.807, 2.05) is 18.2 Å². The Kier molecular flexibility index (Phi) is 7.12. The molecule has 2 N–H and O–H groups in total. The number of allylic oxidation sites excluding steroid dienone is 1. The van der Waals surface area contributed by atoms with Crippen molar-refractivity contribution >= 4 is 22.6 Å². The molecule has 178 valence electrons. The largest absolute Gasteiger partial charge is 0.376 e. The first kappa shape index (κ1) is 24.3. The summed E-state index contributed by atoms with van der Waals surface area (Å²) in [6.07, 6.45) is 2.27. The maximum atomic E-state index is 3.49. The molecule has 1 heterocycles. The quantitative estimate of drug-likeness (QED) is 0.317. The van der Waals surface area contributed by atoms with Gasteiger partial charge in [-0.15, -0.1) is 0 Å². The van der Waals surface area contributed by atoms with Gasteiger partial charge in [0.25, 0.3) is 0 Å². The average molecular weight is 461 g/mol. The van der Waals surface area contributed by atoms with Crippen molar-refractivity contribution in [1.82, 2.24) is 0 Å². The van der Waals surface area contributed by atoms with Crippen LogP contribution in [-0.2, 0) is 5.41 Å². The highest BCUT2D eigenvalue weighted by Crippen LogP contribution is 2.33. The zero-order valence-electron chi connectivity index (χ0n) is 21.5. The Labute approximate surface area is 210 Å². The summed E-state index contributed by atoms with van der Waals surface area (Å²) in [7, 11) is 0. The molecule has 35 heavy (non-hydrogen) atoms. The molecule has 0 fully saturated rings. The van der Waals surface area contributed by atoms with Gasteiger partial charge < -0.3 is 10.6 Å². The summed E-state index contributed by atoms with van der Waals surface area (Å²) in [4.78, 5) is 0. The van der Waals surface area contributed by atoms with Gasteiger partial charge in [-0.1, -0.05) is 98.8 Å². The fourth-order valence-corrected chi connectivity index (χ4v) is 4.62. The molecule has 4 aromatic carbocycles. The van der Waals surface area contributed by atoms with Gasteiger partial charge in [0, 0.05) is 28.0 Å². The smallest absolute Gasteiger partial charge is 0.0505 e. The van der Waals surface area contributed by atoms with E-state index in [1.54, 1.807) is 0 Å². The van der Waals surface area contributed by atoms with E-state index < -0.39 is 0 Å².